The predicted octanol–water partition coefficient (Wildman–Crippen LogP) is 4.81. The summed E-state index contributed by atoms with van der Waals surface area (Å²) in [6.45, 7) is 5.33. The molecule has 1 aromatic heterocycles. The average Bonchev–Trinajstić information content (AvgIpc) is 3.21. The molecule has 0 N–H and O–H groups in total. The predicted molar refractivity (Wildman–Crippen MR) is 121 cm³/mol. The first-order valence-corrected chi connectivity index (χ1v) is 11.1. The van der Waals surface area contributed by atoms with E-state index in [1.54, 1.807) is 25.6 Å². The van der Waals surface area contributed by atoms with Crippen molar-refractivity contribution >= 4 is 26.7 Å². The summed E-state index contributed by atoms with van der Waals surface area (Å²) in [4.78, 5) is 9.92. The van der Waals surface area contributed by atoms with Crippen LogP contribution in [0.25, 0.3) is 10.2 Å². The minimum absolute atomic E-state index is 0.842. The summed E-state index contributed by atoms with van der Waals surface area (Å²) in [5.74, 6) is 1.77. The van der Waals surface area contributed by atoms with Crippen LogP contribution in [0.15, 0.2) is 42.5 Å². The standard InChI is InChI=1S/C23H29N3O2S/c1-27-19-8-6-18(7-9-19)17-26(15-14-25-12-4-3-5-13-25)23-24-21-11-10-20(28-2)16-22(21)29-23/h6-11,16H,3-5,12-15,17H2,1-2H3. The summed E-state index contributed by atoms with van der Waals surface area (Å²) in [5, 5.41) is 1.07. The van der Waals surface area contributed by atoms with E-state index in [1.165, 1.54) is 37.9 Å². The summed E-state index contributed by atoms with van der Waals surface area (Å²) in [7, 11) is 3.41. The van der Waals surface area contributed by atoms with Crippen LogP contribution in [-0.4, -0.2) is 50.3 Å². The second-order valence-corrected chi connectivity index (χ2v) is 8.51. The molecule has 154 valence electrons. The maximum absolute atomic E-state index is 5.38. The average molecular weight is 412 g/mol. The number of methoxy groups -OCH3 is 2. The summed E-state index contributed by atoms with van der Waals surface area (Å²) < 4.78 is 11.9. The van der Waals surface area contributed by atoms with E-state index >= 15 is 0 Å². The number of benzene rings is 2. The van der Waals surface area contributed by atoms with Crippen molar-refractivity contribution < 1.29 is 9.47 Å². The van der Waals surface area contributed by atoms with Gasteiger partial charge in [0.15, 0.2) is 5.13 Å². The Balaban J connectivity index is 1.55. The molecule has 5 nitrogen and oxygen atoms in total. The van der Waals surface area contributed by atoms with E-state index in [9.17, 15) is 0 Å². The van der Waals surface area contributed by atoms with Gasteiger partial charge in [-0.1, -0.05) is 29.9 Å². The Labute approximate surface area is 176 Å². The lowest BCUT2D eigenvalue weighted by molar-refractivity contribution is 0.233. The van der Waals surface area contributed by atoms with Crippen LogP contribution < -0.4 is 14.4 Å². The van der Waals surface area contributed by atoms with Gasteiger partial charge >= 0.3 is 0 Å². The number of aromatic nitrogens is 1. The lowest BCUT2D eigenvalue weighted by Crippen LogP contribution is -2.37. The van der Waals surface area contributed by atoms with Crippen LogP contribution in [0.5, 0.6) is 11.5 Å². The van der Waals surface area contributed by atoms with Crippen molar-refractivity contribution in [2.24, 2.45) is 0 Å². The number of hydrogen-bond donors (Lipinski definition) is 0. The van der Waals surface area contributed by atoms with Crippen molar-refractivity contribution in [1.29, 1.82) is 0 Å². The van der Waals surface area contributed by atoms with Crippen LogP contribution in [0.1, 0.15) is 24.8 Å². The van der Waals surface area contributed by atoms with Crippen LogP contribution in [0.2, 0.25) is 0 Å². The lowest BCUT2D eigenvalue weighted by Gasteiger charge is -2.30. The SMILES string of the molecule is COc1ccc(CN(CCN2CCCCC2)c2nc3ccc(OC)cc3s2)cc1. The lowest BCUT2D eigenvalue weighted by atomic mass is 10.1. The highest BCUT2D eigenvalue weighted by molar-refractivity contribution is 7.22. The molecule has 4 rings (SSSR count). The number of rotatable bonds is 8. The number of nitrogens with zero attached hydrogens (tertiary/aromatic N) is 3. The molecule has 0 unspecified atom stereocenters. The van der Waals surface area contributed by atoms with Crippen molar-refractivity contribution in [3.05, 3.63) is 48.0 Å². The van der Waals surface area contributed by atoms with Gasteiger partial charge in [0.2, 0.25) is 0 Å². The quantitative estimate of drug-likeness (QED) is 0.532. The number of likely N-dealkylation sites (tertiary alicyclic amines) is 1. The van der Waals surface area contributed by atoms with E-state index in [0.717, 1.165) is 46.5 Å². The molecule has 0 radical (unpaired) electrons. The maximum Gasteiger partial charge on any atom is 0.186 e. The molecular formula is C23H29N3O2S. The van der Waals surface area contributed by atoms with Crippen molar-refractivity contribution in [2.75, 3.05) is 45.3 Å². The third-order valence-electron chi connectivity index (χ3n) is 5.52. The molecule has 1 aliphatic rings. The maximum atomic E-state index is 5.38. The molecule has 0 atom stereocenters. The van der Waals surface area contributed by atoms with Gasteiger partial charge in [-0.15, -0.1) is 0 Å². The second kappa shape index (κ2) is 9.46. The summed E-state index contributed by atoms with van der Waals surface area (Å²) >= 11 is 1.74. The van der Waals surface area contributed by atoms with Crippen LogP contribution in [0.3, 0.4) is 0 Å². The Kier molecular flexibility index (Phi) is 6.52. The zero-order valence-electron chi connectivity index (χ0n) is 17.3. The van der Waals surface area contributed by atoms with Crippen molar-refractivity contribution in [1.82, 2.24) is 9.88 Å². The third kappa shape index (κ3) is 5.00. The van der Waals surface area contributed by atoms with E-state index in [4.69, 9.17) is 14.5 Å². The minimum Gasteiger partial charge on any atom is -0.497 e. The van der Waals surface area contributed by atoms with E-state index in [0.29, 0.717) is 0 Å². The Morgan fingerprint density at radius 1 is 0.966 bits per heavy atom. The molecule has 6 heteroatoms. The number of piperidine rings is 1. The van der Waals surface area contributed by atoms with Crippen molar-refractivity contribution in [3.63, 3.8) is 0 Å². The minimum atomic E-state index is 0.842. The molecule has 0 amide bonds. The molecule has 0 spiro atoms. The van der Waals surface area contributed by atoms with Crippen LogP contribution >= 0.6 is 11.3 Å². The Morgan fingerprint density at radius 2 is 1.69 bits per heavy atom. The fraction of sp³-hybridized carbons (Fsp3) is 0.435. The Hall–Kier alpha value is -2.31. The third-order valence-corrected chi connectivity index (χ3v) is 6.60. The van der Waals surface area contributed by atoms with Crippen molar-refractivity contribution in [2.45, 2.75) is 25.8 Å². The fourth-order valence-electron chi connectivity index (χ4n) is 3.79. The van der Waals surface area contributed by atoms with Gasteiger partial charge < -0.3 is 19.3 Å². The summed E-state index contributed by atoms with van der Waals surface area (Å²) in [5.41, 5.74) is 2.30. The molecule has 1 aliphatic heterocycles. The first-order chi connectivity index (χ1) is 14.2. The van der Waals surface area contributed by atoms with Gasteiger partial charge in [0.25, 0.3) is 0 Å². The monoisotopic (exact) mass is 411 g/mol. The Bertz CT molecular complexity index is 920. The van der Waals surface area contributed by atoms with E-state index in [2.05, 4.69) is 28.0 Å². The molecule has 1 fully saturated rings. The highest BCUT2D eigenvalue weighted by atomic mass is 32.1. The fourth-order valence-corrected chi connectivity index (χ4v) is 4.81. The molecular weight excluding hydrogens is 382 g/mol. The molecule has 2 aromatic carbocycles. The number of ether oxygens (including phenoxy) is 2. The molecule has 1 saturated heterocycles. The molecule has 3 aromatic rings. The number of hydrogen-bond acceptors (Lipinski definition) is 6. The van der Waals surface area contributed by atoms with Crippen LogP contribution in [-0.2, 0) is 6.54 Å². The first-order valence-electron chi connectivity index (χ1n) is 10.3. The normalized spacial score (nSPS) is 14.8. The van der Waals surface area contributed by atoms with Gasteiger partial charge in [0.1, 0.15) is 11.5 Å². The zero-order chi connectivity index (χ0) is 20.1. The van der Waals surface area contributed by atoms with Gasteiger partial charge in [-0.25, -0.2) is 4.98 Å². The number of fused-ring (bicyclic) bond motifs is 1. The molecule has 0 bridgehead atoms. The van der Waals surface area contributed by atoms with Crippen LogP contribution in [0, 0.1) is 0 Å². The molecule has 0 aliphatic carbocycles. The van der Waals surface area contributed by atoms with Gasteiger partial charge in [0, 0.05) is 19.6 Å². The molecule has 0 saturated carbocycles. The highest BCUT2D eigenvalue weighted by Gasteiger charge is 2.16. The first kappa shape index (κ1) is 20.0. The Morgan fingerprint density at radius 3 is 2.41 bits per heavy atom. The smallest absolute Gasteiger partial charge is 0.186 e. The topological polar surface area (TPSA) is 37.8 Å². The highest BCUT2D eigenvalue weighted by Crippen LogP contribution is 2.32. The van der Waals surface area contributed by atoms with Gasteiger partial charge in [0.05, 0.1) is 24.4 Å². The molecule has 29 heavy (non-hydrogen) atoms. The van der Waals surface area contributed by atoms with E-state index < -0.39 is 0 Å². The van der Waals surface area contributed by atoms with Crippen LogP contribution in [0.4, 0.5) is 5.13 Å². The van der Waals surface area contributed by atoms with Crippen molar-refractivity contribution in [3.8, 4) is 11.5 Å². The largest absolute Gasteiger partial charge is 0.497 e. The number of thiazole rings is 1. The van der Waals surface area contributed by atoms with E-state index in [1.807, 2.05) is 24.3 Å². The summed E-state index contributed by atoms with van der Waals surface area (Å²) in [6.07, 6.45) is 4.00. The number of anilines is 1. The van der Waals surface area contributed by atoms with Gasteiger partial charge in [-0.3, -0.25) is 0 Å². The molecule has 2 heterocycles. The van der Waals surface area contributed by atoms with E-state index in [-0.39, 0.29) is 0 Å². The van der Waals surface area contributed by atoms with Gasteiger partial charge in [-0.05, 0) is 61.8 Å². The zero-order valence-corrected chi connectivity index (χ0v) is 18.1. The second-order valence-electron chi connectivity index (χ2n) is 7.50. The van der Waals surface area contributed by atoms with Gasteiger partial charge in [-0.2, -0.15) is 0 Å². The summed E-state index contributed by atoms with van der Waals surface area (Å²) in [6, 6.07) is 14.4.